The zero-order valence-corrected chi connectivity index (χ0v) is 9.23. The SMILES string of the molecule is O=Cc1ccc(CN2CC3CC2CN3)cc1. The van der Waals surface area contributed by atoms with Gasteiger partial charge in [-0.2, -0.15) is 0 Å². The van der Waals surface area contributed by atoms with E-state index in [0.717, 1.165) is 31.0 Å². The van der Waals surface area contributed by atoms with Crippen LogP contribution < -0.4 is 5.32 Å². The van der Waals surface area contributed by atoms with E-state index in [-0.39, 0.29) is 0 Å². The number of carbonyl (C=O) groups is 1. The van der Waals surface area contributed by atoms with Crippen LogP contribution in [-0.4, -0.2) is 36.4 Å². The number of benzene rings is 1. The number of nitrogens with zero attached hydrogens (tertiary/aromatic N) is 1. The van der Waals surface area contributed by atoms with Gasteiger partial charge in [0.25, 0.3) is 0 Å². The number of nitrogens with one attached hydrogen (secondary N) is 1. The second kappa shape index (κ2) is 4.00. The van der Waals surface area contributed by atoms with Crippen molar-refractivity contribution in [2.24, 2.45) is 0 Å². The molecular formula is C13H16N2O. The minimum atomic E-state index is 0.708. The van der Waals surface area contributed by atoms with E-state index < -0.39 is 0 Å². The number of fused-ring (bicyclic) bond motifs is 2. The summed E-state index contributed by atoms with van der Waals surface area (Å²) in [5.74, 6) is 0. The lowest BCUT2D eigenvalue weighted by Gasteiger charge is -2.27. The molecule has 1 N–H and O–H groups in total. The highest BCUT2D eigenvalue weighted by molar-refractivity contribution is 5.74. The van der Waals surface area contributed by atoms with Crippen molar-refractivity contribution in [2.75, 3.05) is 13.1 Å². The van der Waals surface area contributed by atoms with Crippen LogP contribution >= 0.6 is 0 Å². The molecule has 0 aliphatic carbocycles. The van der Waals surface area contributed by atoms with Crippen molar-refractivity contribution in [1.29, 1.82) is 0 Å². The highest BCUT2D eigenvalue weighted by Crippen LogP contribution is 2.24. The molecule has 2 saturated heterocycles. The van der Waals surface area contributed by atoms with Gasteiger partial charge in [-0.15, -0.1) is 0 Å². The average molecular weight is 216 g/mol. The maximum absolute atomic E-state index is 10.5. The second-order valence-electron chi connectivity index (χ2n) is 4.78. The van der Waals surface area contributed by atoms with Crippen molar-refractivity contribution in [2.45, 2.75) is 25.0 Å². The van der Waals surface area contributed by atoms with Gasteiger partial charge in [-0.1, -0.05) is 24.3 Å². The topological polar surface area (TPSA) is 32.3 Å². The van der Waals surface area contributed by atoms with E-state index in [1.165, 1.54) is 18.5 Å². The fourth-order valence-corrected chi connectivity index (χ4v) is 2.78. The smallest absolute Gasteiger partial charge is 0.150 e. The van der Waals surface area contributed by atoms with Gasteiger partial charge in [0.1, 0.15) is 6.29 Å². The Bertz CT molecular complexity index is 387. The van der Waals surface area contributed by atoms with Crippen molar-refractivity contribution in [3.8, 4) is 0 Å². The number of hydrogen-bond acceptors (Lipinski definition) is 3. The molecule has 0 aromatic heterocycles. The normalized spacial score (nSPS) is 28.5. The van der Waals surface area contributed by atoms with Crippen LogP contribution in [0.1, 0.15) is 22.3 Å². The molecule has 2 bridgehead atoms. The summed E-state index contributed by atoms with van der Waals surface area (Å²) in [6, 6.07) is 9.34. The number of aldehydes is 1. The lowest BCUT2D eigenvalue weighted by atomic mass is 10.1. The third kappa shape index (κ3) is 1.77. The van der Waals surface area contributed by atoms with Crippen LogP contribution in [-0.2, 0) is 6.54 Å². The number of hydrogen-bond donors (Lipinski definition) is 1. The first-order valence-corrected chi connectivity index (χ1v) is 5.87. The zero-order chi connectivity index (χ0) is 11.0. The molecule has 0 spiro atoms. The van der Waals surface area contributed by atoms with Crippen LogP contribution in [0.2, 0.25) is 0 Å². The molecule has 3 rings (SSSR count). The molecule has 0 amide bonds. The van der Waals surface area contributed by atoms with Crippen molar-refractivity contribution >= 4 is 6.29 Å². The third-order valence-electron chi connectivity index (χ3n) is 3.67. The molecule has 1 aromatic rings. The molecule has 1 aromatic carbocycles. The van der Waals surface area contributed by atoms with Crippen molar-refractivity contribution in [3.63, 3.8) is 0 Å². The predicted molar refractivity (Wildman–Crippen MR) is 62.4 cm³/mol. The quantitative estimate of drug-likeness (QED) is 0.766. The molecule has 2 atom stereocenters. The molecule has 2 heterocycles. The molecule has 2 unspecified atom stereocenters. The molecular weight excluding hydrogens is 200 g/mol. The first kappa shape index (κ1) is 10.00. The van der Waals surface area contributed by atoms with E-state index in [1.807, 2.05) is 12.1 Å². The molecule has 0 saturated carbocycles. The molecule has 3 heteroatoms. The predicted octanol–water partition coefficient (Wildman–Crippen LogP) is 1.05. The van der Waals surface area contributed by atoms with E-state index in [0.29, 0.717) is 6.04 Å². The molecule has 2 fully saturated rings. The standard InChI is InChI=1S/C13H16N2O/c16-9-11-3-1-10(2-4-11)7-15-8-12-5-13(15)6-14-12/h1-4,9,12-14H,5-8H2. The Morgan fingerprint density at radius 2 is 2.19 bits per heavy atom. The van der Waals surface area contributed by atoms with Gasteiger partial charge in [0.2, 0.25) is 0 Å². The first-order chi connectivity index (χ1) is 7.85. The number of piperazine rings is 1. The Morgan fingerprint density at radius 1 is 1.38 bits per heavy atom. The van der Waals surface area contributed by atoms with Crippen LogP contribution in [0.5, 0.6) is 0 Å². The highest BCUT2D eigenvalue weighted by Gasteiger charge is 2.36. The summed E-state index contributed by atoms with van der Waals surface area (Å²) in [4.78, 5) is 13.1. The molecule has 16 heavy (non-hydrogen) atoms. The van der Waals surface area contributed by atoms with E-state index in [1.54, 1.807) is 0 Å². The van der Waals surface area contributed by atoms with Crippen LogP contribution in [0, 0.1) is 0 Å². The summed E-state index contributed by atoms with van der Waals surface area (Å²) in [5, 5.41) is 3.50. The lowest BCUT2D eigenvalue weighted by Crippen LogP contribution is -2.42. The summed E-state index contributed by atoms with van der Waals surface area (Å²) in [6.07, 6.45) is 2.19. The largest absolute Gasteiger partial charge is 0.311 e. The Kier molecular flexibility index (Phi) is 2.50. The van der Waals surface area contributed by atoms with Gasteiger partial charge < -0.3 is 5.32 Å². The van der Waals surface area contributed by atoms with Crippen LogP contribution in [0.3, 0.4) is 0 Å². The summed E-state index contributed by atoms with van der Waals surface area (Å²) in [5.41, 5.74) is 2.06. The van der Waals surface area contributed by atoms with Gasteiger partial charge in [0, 0.05) is 37.3 Å². The zero-order valence-electron chi connectivity index (χ0n) is 9.23. The highest BCUT2D eigenvalue weighted by atomic mass is 16.1. The number of rotatable bonds is 3. The van der Waals surface area contributed by atoms with Gasteiger partial charge in [0.05, 0.1) is 0 Å². The van der Waals surface area contributed by atoms with Gasteiger partial charge in [-0.3, -0.25) is 9.69 Å². The maximum atomic E-state index is 10.5. The maximum Gasteiger partial charge on any atom is 0.150 e. The Hall–Kier alpha value is -1.19. The summed E-state index contributed by atoms with van der Waals surface area (Å²) < 4.78 is 0. The minimum Gasteiger partial charge on any atom is -0.311 e. The molecule has 84 valence electrons. The Labute approximate surface area is 95.4 Å². The number of carbonyl (C=O) groups excluding carboxylic acids is 1. The van der Waals surface area contributed by atoms with Crippen molar-refractivity contribution in [1.82, 2.24) is 10.2 Å². The Morgan fingerprint density at radius 3 is 2.75 bits per heavy atom. The van der Waals surface area contributed by atoms with Crippen molar-refractivity contribution in [3.05, 3.63) is 35.4 Å². The van der Waals surface area contributed by atoms with Crippen molar-refractivity contribution < 1.29 is 4.79 Å². The summed E-state index contributed by atoms with van der Waals surface area (Å²) >= 11 is 0. The van der Waals surface area contributed by atoms with Crippen LogP contribution in [0.15, 0.2) is 24.3 Å². The summed E-state index contributed by atoms with van der Waals surface area (Å²) in [7, 11) is 0. The van der Waals surface area contributed by atoms with E-state index in [9.17, 15) is 4.79 Å². The van der Waals surface area contributed by atoms with Gasteiger partial charge in [-0.25, -0.2) is 0 Å². The van der Waals surface area contributed by atoms with E-state index in [4.69, 9.17) is 0 Å². The second-order valence-corrected chi connectivity index (χ2v) is 4.78. The fraction of sp³-hybridized carbons (Fsp3) is 0.462. The van der Waals surface area contributed by atoms with Gasteiger partial charge in [-0.05, 0) is 12.0 Å². The number of likely N-dealkylation sites (tertiary alicyclic amines) is 1. The van der Waals surface area contributed by atoms with Gasteiger partial charge >= 0.3 is 0 Å². The summed E-state index contributed by atoms with van der Waals surface area (Å²) in [6.45, 7) is 3.32. The van der Waals surface area contributed by atoms with E-state index in [2.05, 4.69) is 22.3 Å². The Balaban J connectivity index is 1.67. The molecule has 0 radical (unpaired) electrons. The lowest BCUT2D eigenvalue weighted by molar-refractivity contribution is 0.112. The minimum absolute atomic E-state index is 0.708. The third-order valence-corrected chi connectivity index (χ3v) is 3.67. The molecule has 3 nitrogen and oxygen atoms in total. The average Bonchev–Trinajstić information content (AvgIpc) is 2.92. The van der Waals surface area contributed by atoms with Crippen LogP contribution in [0.25, 0.3) is 0 Å². The fourth-order valence-electron chi connectivity index (χ4n) is 2.78. The molecule has 2 aliphatic rings. The molecule has 2 aliphatic heterocycles. The monoisotopic (exact) mass is 216 g/mol. The van der Waals surface area contributed by atoms with Crippen LogP contribution in [0.4, 0.5) is 0 Å². The van der Waals surface area contributed by atoms with Gasteiger partial charge in [0.15, 0.2) is 0 Å². The van der Waals surface area contributed by atoms with E-state index >= 15 is 0 Å². The first-order valence-electron chi connectivity index (χ1n) is 5.87.